The number of aromatic nitrogens is 2. The summed E-state index contributed by atoms with van der Waals surface area (Å²) in [4.78, 5) is 0. The third-order valence-electron chi connectivity index (χ3n) is 11.9. The Morgan fingerprint density at radius 3 is 2.08 bits per heavy atom. The summed E-state index contributed by atoms with van der Waals surface area (Å²) in [6, 6.07) is 34.8. The van der Waals surface area contributed by atoms with Crippen molar-refractivity contribution in [3.8, 4) is 11.1 Å². The Morgan fingerprint density at radius 1 is 0.562 bits per heavy atom. The Labute approximate surface area is 277 Å². The summed E-state index contributed by atoms with van der Waals surface area (Å²) in [5.41, 5.74) is 16.8. The monoisotopic (exact) mass is 616 g/mol. The molecule has 2 aliphatic heterocycles. The number of furan rings is 1. The van der Waals surface area contributed by atoms with E-state index in [-0.39, 0.29) is 17.7 Å². The van der Waals surface area contributed by atoms with Crippen LogP contribution in [0.15, 0.2) is 95.4 Å². The summed E-state index contributed by atoms with van der Waals surface area (Å²) in [5.74, 6) is 0. The van der Waals surface area contributed by atoms with Crippen molar-refractivity contribution >= 4 is 99.6 Å². The van der Waals surface area contributed by atoms with Crippen LogP contribution in [0, 0.1) is 0 Å². The van der Waals surface area contributed by atoms with Gasteiger partial charge in [-0.1, -0.05) is 102 Å². The third kappa shape index (κ3) is 2.69. The maximum atomic E-state index is 6.99. The highest BCUT2D eigenvalue weighted by molar-refractivity contribution is 6.91. The smallest absolute Gasteiger partial charge is 0.333 e. The van der Waals surface area contributed by atoms with Crippen molar-refractivity contribution in [1.29, 1.82) is 0 Å². The van der Waals surface area contributed by atoms with Gasteiger partial charge in [-0.25, -0.2) is 0 Å². The zero-order valence-corrected chi connectivity index (χ0v) is 28.0. The van der Waals surface area contributed by atoms with Gasteiger partial charge in [-0.2, -0.15) is 0 Å². The molecule has 228 valence electrons. The quantitative estimate of drug-likeness (QED) is 0.156. The minimum Gasteiger partial charge on any atom is -0.455 e. The van der Waals surface area contributed by atoms with E-state index in [2.05, 4.69) is 141 Å². The molecule has 4 heteroatoms. The molecule has 3 nitrogen and oxygen atoms in total. The fourth-order valence-electron chi connectivity index (χ4n) is 9.74. The standard InChI is InChI=1S/C44H33BN2O/c1-43(2,3)22-17-18-32-28(19-22)29-20-23(44(4,5)6)21-30-34-35-26-11-7-8-16-33(26)48-42(35)36-27-14-9-12-24-25-13-10-15-31-40(25)46(38(24)27)41(36)37(34)45(31)47(32)39(29)30/h7-21H,1-6H3. The molecule has 0 atom stereocenters. The van der Waals surface area contributed by atoms with Gasteiger partial charge >= 0.3 is 6.85 Å². The zero-order valence-electron chi connectivity index (χ0n) is 28.0. The molecule has 0 unspecified atom stereocenters. The predicted molar refractivity (Wildman–Crippen MR) is 205 cm³/mol. The Balaban J connectivity index is 1.44. The number of benzene rings is 6. The first-order chi connectivity index (χ1) is 23.1. The summed E-state index contributed by atoms with van der Waals surface area (Å²) in [6.45, 7) is 14.1. The van der Waals surface area contributed by atoms with Gasteiger partial charge in [0, 0.05) is 54.3 Å². The molecular formula is C44H33BN2O. The highest BCUT2D eigenvalue weighted by Crippen LogP contribution is 2.52. The van der Waals surface area contributed by atoms with Crippen LogP contribution in [0.5, 0.6) is 0 Å². The minimum atomic E-state index is -0.0231. The molecule has 0 bridgehead atoms. The van der Waals surface area contributed by atoms with Crippen LogP contribution in [0.4, 0.5) is 0 Å². The molecule has 0 saturated heterocycles. The number of hydrogen-bond acceptors (Lipinski definition) is 1. The molecule has 6 heterocycles. The van der Waals surface area contributed by atoms with E-state index >= 15 is 0 Å². The first kappa shape index (κ1) is 25.8. The number of nitrogens with zero attached hydrogens (tertiary/aromatic N) is 2. The maximum absolute atomic E-state index is 6.99. The fraction of sp³-hybridized carbons (Fsp3) is 0.182. The average molecular weight is 617 g/mol. The lowest BCUT2D eigenvalue weighted by Gasteiger charge is -2.32. The number of fused-ring (bicyclic) bond motifs is 13. The largest absolute Gasteiger partial charge is 0.455 e. The Bertz CT molecular complexity index is 3130. The van der Waals surface area contributed by atoms with Gasteiger partial charge in [0.2, 0.25) is 0 Å². The van der Waals surface area contributed by atoms with E-state index in [4.69, 9.17) is 4.42 Å². The van der Waals surface area contributed by atoms with Gasteiger partial charge in [-0.05, 0) is 68.8 Å². The summed E-state index contributed by atoms with van der Waals surface area (Å²) in [6.07, 6.45) is 0. The number of hydrogen-bond donors (Lipinski definition) is 0. The predicted octanol–water partition coefficient (Wildman–Crippen LogP) is 10.4. The van der Waals surface area contributed by atoms with Crippen molar-refractivity contribution in [1.82, 2.24) is 8.88 Å². The van der Waals surface area contributed by atoms with Crippen molar-refractivity contribution in [3.05, 3.63) is 102 Å². The second-order valence-corrected chi connectivity index (χ2v) is 16.5. The Morgan fingerprint density at radius 2 is 1.27 bits per heavy atom. The molecule has 48 heavy (non-hydrogen) atoms. The normalized spacial score (nSPS) is 14.4. The fourth-order valence-corrected chi connectivity index (χ4v) is 9.74. The van der Waals surface area contributed by atoms with E-state index in [1.165, 1.54) is 104 Å². The van der Waals surface area contributed by atoms with E-state index < -0.39 is 0 Å². The van der Waals surface area contributed by atoms with E-state index in [0.717, 1.165) is 11.2 Å². The minimum absolute atomic E-state index is 0.0231. The van der Waals surface area contributed by atoms with E-state index in [0.29, 0.717) is 0 Å². The highest BCUT2D eigenvalue weighted by Gasteiger charge is 2.44. The van der Waals surface area contributed by atoms with Crippen molar-refractivity contribution in [2.45, 2.75) is 52.4 Å². The van der Waals surface area contributed by atoms with E-state index in [1.807, 2.05) is 0 Å². The van der Waals surface area contributed by atoms with Gasteiger partial charge in [0.1, 0.15) is 11.2 Å². The molecule has 0 saturated carbocycles. The Hall–Kier alpha value is -5.22. The third-order valence-corrected chi connectivity index (χ3v) is 11.9. The summed E-state index contributed by atoms with van der Waals surface area (Å²) in [7, 11) is 0. The van der Waals surface area contributed by atoms with Crippen molar-refractivity contribution in [2.24, 2.45) is 0 Å². The lowest BCUT2D eigenvalue weighted by Crippen LogP contribution is -2.53. The molecule has 2 aliphatic rings. The molecular weight excluding hydrogens is 583 g/mol. The molecule has 0 N–H and O–H groups in total. The van der Waals surface area contributed by atoms with Gasteiger partial charge in [-0.15, -0.1) is 0 Å². The van der Waals surface area contributed by atoms with Gasteiger partial charge in [0.05, 0.1) is 21.9 Å². The lowest BCUT2D eigenvalue weighted by molar-refractivity contribution is 0.590. The second-order valence-electron chi connectivity index (χ2n) is 16.5. The Kier molecular flexibility index (Phi) is 4.16. The summed E-state index contributed by atoms with van der Waals surface area (Å²) < 4.78 is 12.3. The first-order valence-corrected chi connectivity index (χ1v) is 17.3. The van der Waals surface area contributed by atoms with Crippen LogP contribution >= 0.6 is 0 Å². The maximum Gasteiger partial charge on any atom is 0.333 e. The molecule has 4 aromatic heterocycles. The van der Waals surface area contributed by atoms with Gasteiger partial charge in [0.15, 0.2) is 0 Å². The molecule has 0 amide bonds. The lowest BCUT2D eigenvalue weighted by atomic mass is 9.45. The van der Waals surface area contributed by atoms with Crippen LogP contribution in [-0.4, -0.2) is 15.7 Å². The van der Waals surface area contributed by atoms with Crippen LogP contribution in [0.2, 0.25) is 0 Å². The van der Waals surface area contributed by atoms with Crippen molar-refractivity contribution < 1.29 is 4.42 Å². The van der Waals surface area contributed by atoms with Crippen LogP contribution in [-0.2, 0) is 10.8 Å². The molecule has 0 fully saturated rings. The molecule has 12 rings (SSSR count). The SMILES string of the molecule is CC(C)(C)c1ccc2c(c1)c1cc(C(C)(C)C)cc3c1n2B1c2cccc4c5cccc6c7c8oc9ccccc9c8c-3c1c7n(c24)c56. The van der Waals surface area contributed by atoms with Crippen LogP contribution in [0.25, 0.3) is 93.0 Å². The van der Waals surface area contributed by atoms with Crippen molar-refractivity contribution in [3.63, 3.8) is 0 Å². The molecule has 0 aliphatic carbocycles. The summed E-state index contributed by atoms with van der Waals surface area (Å²) in [5, 5.41) is 10.3. The van der Waals surface area contributed by atoms with Gasteiger partial charge in [0.25, 0.3) is 0 Å². The first-order valence-electron chi connectivity index (χ1n) is 17.3. The molecule has 6 aromatic carbocycles. The zero-order chi connectivity index (χ0) is 32.2. The second kappa shape index (κ2) is 7.74. The molecule has 10 aromatic rings. The number of rotatable bonds is 0. The topological polar surface area (TPSA) is 22.5 Å². The molecule has 0 spiro atoms. The van der Waals surface area contributed by atoms with E-state index in [1.54, 1.807) is 0 Å². The highest BCUT2D eigenvalue weighted by atomic mass is 16.3. The van der Waals surface area contributed by atoms with Crippen LogP contribution < -0.4 is 10.9 Å². The van der Waals surface area contributed by atoms with Gasteiger partial charge in [-0.3, -0.25) is 0 Å². The van der Waals surface area contributed by atoms with Crippen molar-refractivity contribution in [2.75, 3.05) is 0 Å². The number of para-hydroxylation sites is 3. The van der Waals surface area contributed by atoms with E-state index in [9.17, 15) is 0 Å². The average Bonchev–Trinajstić information content (AvgIpc) is 3.80. The van der Waals surface area contributed by atoms with Gasteiger partial charge < -0.3 is 13.3 Å². The molecule has 0 radical (unpaired) electrons. The summed E-state index contributed by atoms with van der Waals surface area (Å²) >= 11 is 0. The van der Waals surface area contributed by atoms with Crippen LogP contribution in [0.1, 0.15) is 52.7 Å². The van der Waals surface area contributed by atoms with Crippen LogP contribution in [0.3, 0.4) is 0 Å².